The number of hydrogen-bond donors (Lipinski definition) is 2. The molecule has 0 aromatic rings. The molecule has 0 aromatic heterocycles. The molecule has 0 bridgehead atoms. The van der Waals surface area contributed by atoms with E-state index in [2.05, 4.69) is 54.5 Å². The highest BCUT2D eigenvalue weighted by Crippen LogP contribution is 2.22. The Labute approximate surface area is 109 Å². The molecule has 2 rings (SSSR count). The first-order chi connectivity index (χ1) is 8.52. The van der Waals surface area contributed by atoms with Crippen molar-refractivity contribution in [2.24, 2.45) is 15.4 Å². The second-order valence-electron chi connectivity index (χ2n) is 5.65. The molecule has 0 aromatic carbocycles. The van der Waals surface area contributed by atoms with Crippen molar-refractivity contribution in [2.45, 2.75) is 40.5 Å². The van der Waals surface area contributed by atoms with Crippen LogP contribution in [0.3, 0.4) is 0 Å². The number of hydrazine groups is 1. The summed E-state index contributed by atoms with van der Waals surface area (Å²) in [6.07, 6.45) is 4.36. The van der Waals surface area contributed by atoms with E-state index in [0.717, 1.165) is 43.5 Å². The first kappa shape index (κ1) is 13.1. The van der Waals surface area contributed by atoms with Crippen LogP contribution in [0.5, 0.6) is 0 Å². The fourth-order valence-corrected chi connectivity index (χ4v) is 1.79. The summed E-state index contributed by atoms with van der Waals surface area (Å²) < 4.78 is 0. The lowest BCUT2D eigenvalue weighted by Crippen LogP contribution is -2.53. The predicted octanol–water partition coefficient (Wildman–Crippen LogP) is 1.85. The highest BCUT2D eigenvalue weighted by atomic mass is 15.6. The zero-order valence-electron chi connectivity index (χ0n) is 11.7. The van der Waals surface area contributed by atoms with Crippen LogP contribution in [0.25, 0.3) is 0 Å². The summed E-state index contributed by atoms with van der Waals surface area (Å²) in [5, 5.41) is 5.28. The summed E-state index contributed by atoms with van der Waals surface area (Å²) in [4.78, 5) is 9.27. The number of hydrogen-bond acceptors (Lipinski definition) is 3. The van der Waals surface area contributed by atoms with Crippen molar-refractivity contribution in [3.8, 4) is 0 Å². The average Bonchev–Trinajstić information content (AvgIpc) is 2.76. The van der Waals surface area contributed by atoms with Gasteiger partial charge in [0, 0.05) is 18.5 Å². The maximum absolute atomic E-state index is 4.64. The summed E-state index contributed by atoms with van der Waals surface area (Å²) in [5.74, 6) is 2.80. The number of aliphatic imine (C=N–C) groups is 2. The van der Waals surface area contributed by atoms with Gasteiger partial charge in [-0.05, 0) is 12.5 Å². The maximum Gasteiger partial charge on any atom is 0.220 e. The molecule has 0 unspecified atom stereocenters. The van der Waals surface area contributed by atoms with Crippen molar-refractivity contribution < 1.29 is 0 Å². The van der Waals surface area contributed by atoms with Crippen LogP contribution in [0.2, 0.25) is 0 Å². The van der Waals surface area contributed by atoms with Crippen LogP contribution in [-0.2, 0) is 0 Å². The zero-order chi connectivity index (χ0) is 13.2. The lowest BCUT2D eigenvalue weighted by Gasteiger charge is -2.32. The van der Waals surface area contributed by atoms with Crippen molar-refractivity contribution in [3.05, 3.63) is 11.9 Å². The number of nitrogens with one attached hydrogen (secondary N) is 2. The Morgan fingerprint density at radius 3 is 2.89 bits per heavy atom. The summed E-state index contributed by atoms with van der Waals surface area (Å²) in [7, 11) is 0. The molecule has 0 radical (unpaired) electrons. The molecule has 2 aliphatic rings. The molecule has 0 atom stereocenters. The number of fused-ring (bicyclic) bond motifs is 1. The molecule has 2 N–H and O–H groups in total. The Hall–Kier alpha value is -1.36. The summed E-state index contributed by atoms with van der Waals surface area (Å²) in [6.45, 7) is 10.3. The highest BCUT2D eigenvalue weighted by Gasteiger charge is 2.31. The topological polar surface area (TPSA) is 52.0 Å². The molecule has 2 heterocycles. The van der Waals surface area contributed by atoms with E-state index in [1.54, 1.807) is 0 Å². The standard InChI is InChI=1S/C13H23N5/c1-5-6-8-14-12-17-11(13(2,3)4)16-10-7-9-15-18(10)12/h7,15H,5-6,8-9H2,1-4H3,(H,14,16,17). The van der Waals surface area contributed by atoms with Crippen LogP contribution >= 0.6 is 0 Å². The monoisotopic (exact) mass is 249 g/mol. The van der Waals surface area contributed by atoms with Gasteiger partial charge in [0.1, 0.15) is 11.7 Å². The van der Waals surface area contributed by atoms with Crippen LogP contribution in [0, 0.1) is 5.41 Å². The third kappa shape index (κ3) is 2.72. The van der Waals surface area contributed by atoms with Gasteiger partial charge < -0.3 is 5.32 Å². The Balaban J connectivity index is 2.21. The van der Waals surface area contributed by atoms with E-state index in [1.165, 1.54) is 0 Å². The van der Waals surface area contributed by atoms with Crippen LogP contribution in [0.15, 0.2) is 21.9 Å². The Morgan fingerprint density at radius 2 is 2.22 bits per heavy atom. The number of nitrogens with zero attached hydrogens (tertiary/aromatic N) is 3. The first-order valence-electron chi connectivity index (χ1n) is 6.67. The van der Waals surface area contributed by atoms with E-state index < -0.39 is 0 Å². The molecule has 100 valence electrons. The Morgan fingerprint density at radius 1 is 1.44 bits per heavy atom. The molecule has 18 heavy (non-hydrogen) atoms. The number of guanidine groups is 1. The molecule has 5 heteroatoms. The quantitative estimate of drug-likeness (QED) is 0.751. The minimum absolute atomic E-state index is 0.00104. The van der Waals surface area contributed by atoms with Crippen LogP contribution in [0.1, 0.15) is 40.5 Å². The van der Waals surface area contributed by atoms with Gasteiger partial charge in [-0.25, -0.2) is 15.4 Å². The van der Waals surface area contributed by atoms with Gasteiger partial charge in [-0.1, -0.05) is 34.1 Å². The predicted molar refractivity (Wildman–Crippen MR) is 75.2 cm³/mol. The molecule has 0 saturated carbocycles. The average molecular weight is 249 g/mol. The zero-order valence-corrected chi connectivity index (χ0v) is 11.7. The summed E-state index contributed by atoms with van der Waals surface area (Å²) in [6, 6.07) is 0. The van der Waals surface area contributed by atoms with Crippen molar-refractivity contribution in [2.75, 3.05) is 13.1 Å². The third-order valence-electron chi connectivity index (χ3n) is 2.92. The van der Waals surface area contributed by atoms with Crippen molar-refractivity contribution >= 4 is 11.8 Å². The van der Waals surface area contributed by atoms with Crippen molar-refractivity contribution in [1.82, 2.24) is 15.8 Å². The van der Waals surface area contributed by atoms with E-state index >= 15 is 0 Å². The van der Waals surface area contributed by atoms with Crippen molar-refractivity contribution in [3.63, 3.8) is 0 Å². The third-order valence-corrected chi connectivity index (χ3v) is 2.92. The minimum atomic E-state index is 0.00104. The summed E-state index contributed by atoms with van der Waals surface area (Å²) in [5.41, 5.74) is 3.25. The Bertz CT molecular complexity index is 400. The smallest absolute Gasteiger partial charge is 0.220 e. The SMILES string of the molecule is CCCCN=C1NC(C(C)(C)C)=NC2=CCNN21. The normalized spacial score (nSPS) is 21.6. The second-order valence-corrected chi connectivity index (χ2v) is 5.65. The molecule has 2 aliphatic heterocycles. The summed E-state index contributed by atoms with van der Waals surface area (Å²) >= 11 is 0. The number of unbranched alkanes of at least 4 members (excludes halogenated alkanes) is 1. The van der Waals surface area contributed by atoms with Gasteiger partial charge in [0.15, 0.2) is 0 Å². The van der Waals surface area contributed by atoms with Crippen LogP contribution in [0.4, 0.5) is 0 Å². The molecule has 0 saturated heterocycles. The second kappa shape index (κ2) is 5.10. The van der Waals surface area contributed by atoms with Gasteiger partial charge in [-0.15, -0.1) is 0 Å². The van der Waals surface area contributed by atoms with Gasteiger partial charge in [0.05, 0.1) is 0 Å². The largest absolute Gasteiger partial charge is 0.312 e. The molecule has 0 spiro atoms. The fourth-order valence-electron chi connectivity index (χ4n) is 1.79. The highest BCUT2D eigenvalue weighted by molar-refractivity contribution is 6.05. The maximum atomic E-state index is 4.64. The van der Waals surface area contributed by atoms with Gasteiger partial charge in [0.2, 0.25) is 5.96 Å². The lowest BCUT2D eigenvalue weighted by molar-refractivity contribution is 0.403. The molecule has 0 amide bonds. The molecular weight excluding hydrogens is 226 g/mol. The van der Waals surface area contributed by atoms with E-state index in [1.807, 2.05) is 5.01 Å². The van der Waals surface area contributed by atoms with E-state index in [-0.39, 0.29) is 5.41 Å². The number of rotatable bonds is 3. The molecule has 5 nitrogen and oxygen atoms in total. The molecular formula is C13H23N5. The Kier molecular flexibility index (Phi) is 3.71. The first-order valence-corrected chi connectivity index (χ1v) is 6.67. The van der Waals surface area contributed by atoms with Gasteiger partial charge in [-0.2, -0.15) is 0 Å². The van der Waals surface area contributed by atoms with Gasteiger partial charge in [0.25, 0.3) is 0 Å². The minimum Gasteiger partial charge on any atom is -0.312 e. The van der Waals surface area contributed by atoms with Crippen LogP contribution in [-0.4, -0.2) is 29.9 Å². The van der Waals surface area contributed by atoms with E-state index in [0.29, 0.717) is 0 Å². The van der Waals surface area contributed by atoms with Crippen LogP contribution < -0.4 is 10.7 Å². The van der Waals surface area contributed by atoms with Crippen molar-refractivity contribution in [1.29, 1.82) is 0 Å². The lowest BCUT2D eigenvalue weighted by atomic mass is 9.94. The van der Waals surface area contributed by atoms with Gasteiger partial charge >= 0.3 is 0 Å². The van der Waals surface area contributed by atoms with Gasteiger partial charge in [-0.3, -0.25) is 4.99 Å². The van der Waals surface area contributed by atoms with E-state index in [9.17, 15) is 0 Å². The molecule has 0 fully saturated rings. The number of amidine groups is 1. The molecule has 0 aliphatic carbocycles. The van der Waals surface area contributed by atoms with E-state index in [4.69, 9.17) is 0 Å². The fraction of sp³-hybridized carbons (Fsp3) is 0.692.